The zero-order chi connectivity index (χ0) is 13.8. The molecule has 3 heteroatoms. The van der Waals surface area contributed by atoms with Crippen LogP contribution in [0, 0.1) is 0 Å². The number of benzene rings is 2. The number of hydrogen-bond acceptors (Lipinski definition) is 2. The fraction of sp³-hybridized carbons (Fsp3) is 0.250. The van der Waals surface area contributed by atoms with Gasteiger partial charge in [-0.1, -0.05) is 41.9 Å². The van der Waals surface area contributed by atoms with Crippen LogP contribution in [0.4, 0.5) is 0 Å². The first kappa shape index (κ1) is 13.9. The minimum Gasteiger partial charge on any atom is -0.486 e. The van der Waals surface area contributed by atoms with E-state index in [0.29, 0.717) is 5.02 Å². The van der Waals surface area contributed by atoms with E-state index in [0.717, 1.165) is 16.9 Å². The van der Waals surface area contributed by atoms with Gasteiger partial charge in [0.2, 0.25) is 0 Å². The lowest BCUT2D eigenvalue weighted by molar-refractivity contribution is 0.223. The zero-order valence-electron chi connectivity index (χ0n) is 11.1. The van der Waals surface area contributed by atoms with Gasteiger partial charge in [0.05, 0.1) is 0 Å². The van der Waals surface area contributed by atoms with Gasteiger partial charge in [-0.05, 0) is 37.6 Å². The number of ether oxygens (including phenoxy) is 1. The van der Waals surface area contributed by atoms with Crippen LogP contribution in [-0.4, -0.2) is 0 Å². The SMILES string of the molecule is CC(N)c1cc(Cl)ccc1OC(C)c1ccccc1. The van der Waals surface area contributed by atoms with Crippen molar-refractivity contribution in [2.24, 2.45) is 5.73 Å². The maximum Gasteiger partial charge on any atom is 0.125 e. The predicted octanol–water partition coefficient (Wildman–Crippen LogP) is 4.50. The molecule has 0 aliphatic carbocycles. The van der Waals surface area contributed by atoms with Gasteiger partial charge < -0.3 is 10.5 Å². The number of hydrogen-bond donors (Lipinski definition) is 1. The Labute approximate surface area is 119 Å². The second kappa shape index (κ2) is 6.09. The molecule has 0 radical (unpaired) electrons. The van der Waals surface area contributed by atoms with Gasteiger partial charge in [-0.15, -0.1) is 0 Å². The van der Waals surface area contributed by atoms with Crippen molar-refractivity contribution in [3.8, 4) is 5.75 Å². The Balaban J connectivity index is 2.24. The van der Waals surface area contributed by atoms with Crippen LogP contribution in [-0.2, 0) is 0 Å². The van der Waals surface area contributed by atoms with Crippen LogP contribution >= 0.6 is 11.6 Å². The van der Waals surface area contributed by atoms with Crippen molar-refractivity contribution in [1.82, 2.24) is 0 Å². The third-order valence-electron chi connectivity index (χ3n) is 3.04. The van der Waals surface area contributed by atoms with E-state index in [-0.39, 0.29) is 12.1 Å². The van der Waals surface area contributed by atoms with Crippen molar-refractivity contribution in [3.63, 3.8) is 0 Å². The molecule has 2 atom stereocenters. The first-order valence-electron chi connectivity index (χ1n) is 6.34. The Morgan fingerprint density at radius 3 is 2.37 bits per heavy atom. The van der Waals surface area contributed by atoms with E-state index in [1.807, 2.05) is 62.4 Å². The molecular formula is C16H18ClNO. The van der Waals surface area contributed by atoms with Gasteiger partial charge in [-0.2, -0.15) is 0 Å². The van der Waals surface area contributed by atoms with Gasteiger partial charge in [-0.25, -0.2) is 0 Å². The van der Waals surface area contributed by atoms with Gasteiger partial charge in [0, 0.05) is 16.6 Å². The molecule has 2 N–H and O–H groups in total. The second-order valence-electron chi connectivity index (χ2n) is 4.64. The van der Waals surface area contributed by atoms with Crippen LogP contribution in [0.15, 0.2) is 48.5 Å². The molecule has 19 heavy (non-hydrogen) atoms. The summed E-state index contributed by atoms with van der Waals surface area (Å²) < 4.78 is 6.01. The first-order chi connectivity index (χ1) is 9.08. The van der Waals surface area contributed by atoms with Gasteiger partial charge in [0.15, 0.2) is 0 Å². The summed E-state index contributed by atoms with van der Waals surface area (Å²) in [6, 6.07) is 15.5. The minimum absolute atomic E-state index is 0.0279. The molecular weight excluding hydrogens is 258 g/mol. The van der Waals surface area contributed by atoms with Crippen molar-refractivity contribution >= 4 is 11.6 Å². The molecule has 0 aliphatic rings. The molecule has 2 rings (SSSR count). The van der Waals surface area contributed by atoms with Crippen LogP contribution in [0.2, 0.25) is 5.02 Å². The average Bonchev–Trinajstić information content (AvgIpc) is 2.41. The lowest BCUT2D eigenvalue weighted by Gasteiger charge is -2.19. The van der Waals surface area contributed by atoms with Gasteiger partial charge in [0.1, 0.15) is 11.9 Å². The first-order valence-corrected chi connectivity index (χ1v) is 6.72. The van der Waals surface area contributed by atoms with Gasteiger partial charge >= 0.3 is 0 Å². The molecule has 2 aromatic rings. The van der Waals surface area contributed by atoms with E-state index in [4.69, 9.17) is 22.1 Å². The summed E-state index contributed by atoms with van der Waals surface area (Å²) in [4.78, 5) is 0. The minimum atomic E-state index is -0.114. The molecule has 0 aliphatic heterocycles. The highest BCUT2D eigenvalue weighted by Gasteiger charge is 2.13. The van der Waals surface area contributed by atoms with Crippen molar-refractivity contribution in [3.05, 3.63) is 64.7 Å². The highest BCUT2D eigenvalue weighted by molar-refractivity contribution is 6.30. The van der Waals surface area contributed by atoms with Crippen molar-refractivity contribution in [2.45, 2.75) is 26.0 Å². The fourth-order valence-corrected chi connectivity index (χ4v) is 2.15. The molecule has 0 fully saturated rings. The summed E-state index contributed by atoms with van der Waals surface area (Å²) in [5.41, 5.74) is 8.02. The zero-order valence-corrected chi connectivity index (χ0v) is 11.9. The van der Waals surface area contributed by atoms with Crippen LogP contribution in [0.1, 0.15) is 37.1 Å². The monoisotopic (exact) mass is 275 g/mol. The molecule has 0 spiro atoms. The smallest absolute Gasteiger partial charge is 0.125 e. The maximum absolute atomic E-state index is 6.01. The third-order valence-corrected chi connectivity index (χ3v) is 3.27. The summed E-state index contributed by atoms with van der Waals surface area (Å²) >= 11 is 6.00. The number of nitrogens with two attached hydrogens (primary N) is 1. The van der Waals surface area contributed by atoms with Gasteiger partial charge in [-0.3, -0.25) is 0 Å². The highest BCUT2D eigenvalue weighted by atomic mass is 35.5. The Kier molecular flexibility index (Phi) is 4.46. The van der Waals surface area contributed by atoms with E-state index in [9.17, 15) is 0 Å². The number of rotatable bonds is 4. The maximum atomic E-state index is 6.01. The lowest BCUT2D eigenvalue weighted by atomic mass is 10.1. The topological polar surface area (TPSA) is 35.2 Å². The third kappa shape index (κ3) is 3.49. The molecule has 2 aromatic carbocycles. The molecule has 0 saturated carbocycles. The quantitative estimate of drug-likeness (QED) is 0.892. The Hall–Kier alpha value is -1.51. The summed E-state index contributed by atoms with van der Waals surface area (Å²) in [6.45, 7) is 3.95. The van der Waals surface area contributed by atoms with Crippen molar-refractivity contribution < 1.29 is 4.74 Å². The molecule has 2 unspecified atom stereocenters. The normalized spacial score (nSPS) is 13.9. The summed E-state index contributed by atoms with van der Waals surface area (Å²) in [5, 5.41) is 0.673. The number of halogens is 1. The summed E-state index contributed by atoms with van der Waals surface area (Å²) in [6.07, 6.45) is -0.0279. The predicted molar refractivity (Wildman–Crippen MR) is 79.5 cm³/mol. The van der Waals surface area contributed by atoms with Gasteiger partial charge in [0.25, 0.3) is 0 Å². The molecule has 100 valence electrons. The molecule has 0 heterocycles. The molecule has 0 bridgehead atoms. The van der Waals surface area contributed by atoms with E-state index < -0.39 is 0 Å². The fourth-order valence-electron chi connectivity index (χ4n) is 1.97. The van der Waals surface area contributed by atoms with Crippen LogP contribution in [0.25, 0.3) is 0 Å². The molecule has 0 saturated heterocycles. The largest absolute Gasteiger partial charge is 0.486 e. The van der Waals surface area contributed by atoms with Crippen LogP contribution < -0.4 is 10.5 Å². The van der Waals surface area contributed by atoms with Crippen molar-refractivity contribution in [2.75, 3.05) is 0 Å². The standard InChI is InChI=1S/C16H18ClNO/c1-11(18)15-10-14(17)8-9-16(15)19-12(2)13-6-4-3-5-7-13/h3-12H,18H2,1-2H3. The second-order valence-corrected chi connectivity index (χ2v) is 5.08. The lowest BCUT2D eigenvalue weighted by Crippen LogP contribution is -2.10. The Morgan fingerprint density at radius 1 is 1.05 bits per heavy atom. The Morgan fingerprint density at radius 2 is 1.74 bits per heavy atom. The molecule has 2 nitrogen and oxygen atoms in total. The van der Waals surface area contributed by atoms with Crippen LogP contribution in [0.5, 0.6) is 5.75 Å². The van der Waals surface area contributed by atoms with E-state index in [1.165, 1.54) is 0 Å². The van der Waals surface area contributed by atoms with E-state index in [2.05, 4.69) is 0 Å². The molecule has 0 aromatic heterocycles. The molecule has 0 amide bonds. The van der Waals surface area contributed by atoms with Crippen molar-refractivity contribution in [1.29, 1.82) is 0 Å². The average molecular weight is 276 g/mol. The summed E-state index contributed by atoms with van der Waals surface area (Å²) in [7, 11) is 0. The van der Waals surface area contributed by atoms with Crippen LogP contribution in [0.3, 0.4) is 0 Å². The highest BCUT2D eigenvalue weighted by Crippen LogP contribution is 2.30. The Bertz CT molecular complexity index is 540. The van der Waals surface area contributed by atoms with E-state index in [1.54, 1.807) is 0 Å². The summed E-state index contributed by atoms with van der Waals surface area (Å²) in [5.74, 6) is 0.788. The van der Waals surface area contributed by atoms with E-state index >= 15 is 0 Å².